The van der Waals surface area contributed by atoms with Gasteiger partial charge in [-0.15, -0.1) is 0 Å². The van der Waals surface area contributed by atoms with Crippen molar-refractivity contribution in [3.05, 3.63) is 42.2 Å². The maximum Gasteiger partial charge on any atom is 0.253 e. The lowest BCUT2D eigenvalue weighted by Crippen LogP contribution is -2.56. The van der Waals surface area contributed by atoms with Crippen LogP contribution in [-0.4, -0.2) is 58.3 Å². The molecule has 0 spiro atoms. The number of hydrogen-bond acceptors (Lipinski definition) is 6. The first-order chi connectivity index (χ1) is 16.6. The fourth-order valence-corrected chi connectivity index (χ4v) is 4.40. The maximum absolute atomic E-state index is 14.7. The van der Waals surface area contributed by atoms with Gasteiger partial charge in [0.25, 0.3) is 5.92 Å². The average molecular weight is 495 g/mol. The van der Waals surface area contributed by atoms with Gasteiger partial charge in [0, 0.05) is 44.5 Å². The highest BCUT2D eigenvalue weighted by molar-refractivity contribution is 5.93. The SMILES string of the molecule is C[C@@H](C(=O)Nc1cnc(Oc2ccc(F)cc2F)cn1)N1CCC(F)(F)[C@@H]([C@@H]2CCC(=O)NC2)C1. The predicted octanol–water partition coefficient (Wildman–Crippen LogP) is 3.36. The van der Waals surface area contributed by atoms with Gasteiger partial charge >= 0.3 is 0 Å². The maximum atomic E-state index is 14.7. The number of ether oxygens (including phenoxy) is 1. The Labute approximate surface area is 199 Å². The summed E-state index contributed by atoms with van der Waals surface area (Å²) < 4.78 is 61.3. The fraction of sp³-hybridized carbons (Fsp3) is 0.478. The Morgan fingerprint density at radius 1 is 1.29 bits per heavy atom. The Morgan fingerprint density at radius 2 is 2.09 bits per heavy atom. The van der Waals surface area contributed by atoms with Gasteiger partial charge in [0.1, 0.15) is 5.82 Å². The number of nitrogens with one attached hydrogen (secondary N) is 2. The molecule has 2 aromatic rings. The number of carbonyl (C=O) groups is 2. The number of aromatic nitrogens is 2. The molecule has 2 saturated heterocycles. The summed E-state index contributed by atoms with van der Waals surface area (Å²) in [5, 5.41) is 5.25. The molecule has 3 atom stereocenters. The molecule has 3 heterocycles. The van der Waals surface area contributed by atoms with E-state index in [1.165, 1.54) is 6.20 Å². The number of halogens is 4. The first kappa shape index (κ1) is 24.8. The van der Waals surface area contributed by atoms with Crippen LogP contribution in [0.15, 0.2) is 30.6 Å². The average Bonchev–Trinajstić information content (AvgIpc) is 2.82. The van der Waals surface area contributed by atoms with Crippen LogP contribution in [0.4, 0.5) is 23.4 Å². The molecule has 35 heavy (non-hydrogen) atoms. The number of hydrogen-bond donors (Lipinski definition) is 2. The van der Waals surface area contributed by atoms with E-state index in [1.54, 1.807) is 11.8 Å². The molecule has 1 aromatic carbocycles. The molecule has 0 saturated carbocycles. The van der Waals surface area contributed by atoms with E-state index in [0.717, 1.165) is 18.3 Å². The van der Waals surface area contributed by atoms with Crippen molar-refractivity contribution in [1.29, 1.82) is 0 Å². The van der Waals surface area contributed by atoms with E-state index in [4.69, 9.17) is 4.74 Å². The highest BCUT2D eigenvalue weighted by Crippen LogP contribution is 2.40. The van der Waals surface area contributed by atoms with Gasteiger partial charge in [0.05, 0.1) is 18.4 Å². The fourth-order valence-electron chi connectivity index (χ4n) is 4.40. The summed E-state index contributed by atoms with van der Waals surface area (Å²) in [5.74, 6) is -6.62. The van der Waals surface area contributed by atoms with Crippen LogP contribution in [0, 0.1) is 23.5 Å². The van der Waals surface area contributed by atoms with Crippen molar-refractivity contribution in [2.45, 2.75) is 38.2 Å². The molecule has 0 radical (unpaired) electrons. The molecule has 2 N–H and O–H groups in total. The predicted molar refractivity (Wildman–Crippen MR) is 117 cm³/mol. The van der Waals surface area contributed by atoms with Crippen molar-refractivity contribution in [2.75, 3.05) is 25.0 Å². The van der Waals surface area contributed by atoms with Crippen molar-refractivity contribution in [3.63, 3.8) is 0 Å². The first-order valence-corrected chi connectivity index (χ1v) is 11.3. The van der Waals surface area contributed by atoms with E-state index in [0.29, 0.717) is 12.5 Å². The van der Waals surface area contributed by atoms with Crippen LogP contribution in [-0.2, 0) is 9.59 Å². The van der Waals surface area contributed by atoms with Crippen molar-refractivity contribution in [1.82, 2.24) is 20.2 Å². The summed E-state index contributed by atoms with van der Waals surface area (Å²) in [6.07, 6.45) is 2.62. The van der Waals surface area contributed by atoms with Gasteiger partial charge in [0.15, 0.2) is 17.4 Å². The number of likely N-dealkylation sites (tertiary alicyclic amines) is 1. The summed E-state index contributed by atoms with van der Waals surface area (Å²) >= 11 is 0. The zero-order valence-electron chi connectivity index (χ0n) is 18.9. The molecular weight excluding hydrogens is 470 g/mol. The van der Waals surface area contributed by atoms with E-state index in [1.807, 2.05) is 0 Å². The second-order valence-corrected chi connectivity index (χ2v) is 8.80. The lowest BCUT2D eigenvalue weighted by Gasteiger charge is -2.44. The third-order valence-corrected chi connectivity index (χ3v) is 6.49. The number of anilines is 1. The molecule has 8 nitrogen and oxygen atoms in total. The quantitative estimate of drug-likeness (QED) is 0.597. The molecule has 2 aliphatic heterocycles. The van der Waals surface area contributed by atoms with Crippen LogP contribution in [0.1, 0.15) is 26.2 Å². The van der Waals surface area contributed by atoms with Gasteiger partial charge in [-0.2, -0.15) is 0 Å². The topological polar surface area (TPSA) is 96.4 Å². The third-order valence-electron chi connectivity index (χ3n) is 6.49. The van der Waals surface area contributed by atoms with Gasteiger partial charge < -0.3 is 15.4 Å². The van der Waals surface area contributed by atoms with Crippen molar-refractivity contribution < 1.29 is 31.9 Å². The van der Waals surface area contributed by atoms with Crippen LogP contribution in [0.2, 0.25) is 0 Å². The smallest absolute Gasteiger partial charge is 0.253 e. The van der Waals surface area contributed by atoms with E-state index in [-0.39, 0.29) is 61.7 Å². The summed E-state index contributed by atoms with van der Waals surface area (Å²) in [5.41, 5.74) is 0. The van der Waals surface area contributed by atoms with Crippen LogP contribution in [0.5, 0.6) is 11.6 Å². The minimum Gasteiger partial charge on any atom is -0.434 e. The highest BCUT2D eigenvalue weighted by atomic mass is 19.3. The molecule has 12 heteroatoms. The Kier molecular flexibility index (Phi) is 7.20. The molecule has 1 aromatic heterocycles. The van der Waals surface area contributed by atoms with Crippen LogP contribution < -0.4 is 15.4 Å². The molecule has 188 valence electrons. The minimum absolute atomic E-state index is 0.0316. The number of amides is 2. The molecule has 4 rings (SSSR count). The molecule has 0 unspecified atom stereocenters. The number of carbonyl (C=O) groups excluding carboxylic acids is 2. The van der Waals surface area contributed by atoms with Crippen molar-refractivity contribution >= 4 is 17.6 Å². The molecule has 0 bridgehead atoms. The number of rotatable bonds is 6. The van der Waals surface area contributed by atoms with Crippen LogP contribution >= 0.6 is 0 Å². The zero-order chi connectivity index (χ0) is 25.2. The van der Waals surface area contributed by atoms with Gasteiger partial charge in [-0.1, -0.05) is 0 Å². The number of piperidine rings is 2. The Bertz CT molecular complexity index is 1080. The molecular formula is C23H25F4N5O3. The summed E-state index contributed by atoms with van der Waals surface area (Å²) in [6.45, 7) is 1.92. The van der Waals surface area contributed by atoms with E-state index in [2.05, 4.69) is 20.6 Å². The lowest BCUT2D eigenvalue weighted by atomic mass is 9.78. The zero-order valence-corrected chi connectivity index (χ0v) is 18.9. The summed E-state index contributed by atoms with van der Waals surface area (Å²) in [6, 6.07) is 2.11. The third kappa shape index (κ3) is 5.87. The standard InChI is InChI=1S/C23H25F4N5O3/c1-13(32-7-6-23(26,27)16(12-32)14-2-5-20(33)29-9-14)22(34)31-19-10-30-21(11-28-19)35-18-4-3-15(24)8-17(18)25/h3-4,8,10-11,13-14,16H,2,5-7,9,12H2,1H3,(H,29,33)(H,28,31,34)/t13-,14+,16+/m0/s1. The molecule has 2 amide bonds. The molecule has 2 aliphatic rings. The van der Waals surface area contributed by atoms with E-state index >= 15 is 0 Å². The summed E-state index contributed by atoms with van der Waals surface area (Å²) in [7, 11) is 0. The second-order valence-electron chi connectivity index (χ2n) is 8.80. The van der Waals surface area contributed by atoms with Gasteiger partial charge in [-0.25, -0.2) is 27.5 Å². The first-order valence-electron chi connectivity index (χ1n) is 11.3. The lowest BCUT2D eigenvalue weighted by molar-refractivity contribution is -0.145. The highest BCUT2D eigenvalue weighted by Gasteiger charge is 2.49. The Hall–Kier alpha value is -3.28. The van der Waals surface area contributed by atoms with E-state index < -0.39 is 35.4 Å². The monoisotopic (exact) mass is 495 g/mol. The largest absolute Gasteiger partial charge is 0.434 e. The van der Waals surface area contributed by atoms with Crippen LogP contribution in [0.3, 0.4) is 0 Å². The van der Waals surface area contributed by atoms with Gasteiger partial charge in [0.2, 0.25) is 17.7 Å². The molecule has 2 fully saturated rings. The normalized spacial score (nSPS) is 23.3. The summed E-state index contributed by atoms with van der Waals surface area (Å²) in [4.78, 5) is 33.9. The number of alkyl halides is 2. The van der Waals surface area contributed by atoms with Crippen molar-refractivity contribution in [2.24, 2.45) is 11.8 Å². The number of nitrogens with zero attached hydrogens (tertiary/aromatic N) is 3. The van der Waals surface area contributed by atoms with E-state index in [9.17, 15) is 27.2 Å². The van der Waals surface area contributed by atoms with Gasteiger partial charge in [-0.3, -0.25) is 14.5 Å². The second kappa shape index (κ2) is 10.1. The van der Waals surface area contributed by atoms with Crippen molar-refractivity contribution in [3.8, 4) is 11.6 Å². The number of benzene rings is 1. The molecule has 0 aliphatic carbocycles. The Morgan fingerprint density at radius 3 is 2.74 bits per heavy atom. The minimum atomic E-state index is -2.87. The van der Waals surface area contributed by atoms with Crippen LogP contribution in [0.25, 0.3) is 0 Å². The Balaban J connectivity index is 1.35. The van der Waals surface area contributed by atoms with Gasteiger partial charge in [-0.05, 0) is 31.4 Å².